The number of nitrogens with one attached hydrogen (secondary N) is 2. The topological polar surface area (TPSA) is 76.0 Å². The van der Waals surface area contributed by atoms with Crippen LogP contribution in [0.25, 0.3) is 0 Å². The van der Waals surface area contributed by atoms with Gasteiger partial charge in [-0.3, -0.25) is 14.2 Å². The lowest BCUT2D eigenvalue weighted by Crippen LogP contribution is -2.30. The number of nitrogens with zero attached hydrogens (tertiary/aromatic N) is 2. The van der Waals surface area contributed by atoms with Gasteiger partial charge < -0.3 is 10.6 Å². The highest BCUT2D eigenvalue weighted by Gasteiger charge is 2.13. The standard InChI is InChI=1S/C22H23FN4O2/c1-4-16-7-5-6-8-19(16)26-20(28)13-27-21(29)12-15(3)24-22(27)25-17-9-10-18(23)14(2)11-17/h5-12H,4,13H2,1-3H3,(H,24,25)(H,26,28). The summed E-state index contributed by atoms with van der Waals surface area (Å²) in [6.45, 7) is 5.15. The Morgan fingerprint density at radius 1 is 1.14 bits per heavy atom. The molecule has 0 atom stereocenters. The molecule has 0 bridgehead atoms. The largest absolute Gasteiger partial charge is 0.326 e. The van der Waals surface area contributed by atoms with Gasteiger partial charge >= 0.3 is 0 Å². The number of benzene rings is 2. The van der Waals surface area contributed by atoms with Crippen molar-refractivity contribution in [2.45, 2.75) is 33.7 Å². The van der Waals surface area contributed by atoms with E-state index in [1.165, 1.54) is 16.7 Å². The number of rotatable bonds is 6. The number of hydrogen-bond donors (Lipinski definition) is 2. The number of carbonyl (C=O) groups is 1. The molecule has 29 heavy (non-hydrogen) atoms. The second kappa shape index (κ2) is 8.68. The maximum Gasteiger partial charge on any atom is 0.255 e. The van der Waals surface area contributed by atoms with Crippen molar-refractivity contribution in [2.24, 2.45) is 0 Å². The first-order valence-electron chi connectivity index (χ1n) is 9.36. The summed E-state index contributed by atoms with van der Waals surface area (Å²) in [6.07, 6.45) is 0.777. The van der Waals surface area contributed by atoms with E-state index < -0.39 is 0 Å². The molecule has 0 saturated carbocycles. The van der Waals surface area contributed by atoms with E-state index in [1.54, 1.807) is 26.0 Å². The van der Waals surface area contributed by atoms with Crippen LogP contribution in [0.4, 0.5) is 21.7 Å². The number of para-hydroxylation sites is 1. The van der Waals surface area contributed by atoms with Crippen LogP contribution >= 0.6 is 0 Å². The first kappa shape index (κ1) is 20.3. The van der Waals surface area contributed by atoms with Crippen molar-refractivity contribution in [1.82, 2.24) is 9.55 Å². The summed E-state index contributed by atoms with van der Waals surface area (Å²) in [6, 6.07) is 13.4. The minimum atomic E-state index is -0.349. The Balaban J connectivity index is 1.87. The lowest BCUT2D eigenvalue weighted by atomic mass is 10.1. The number of hydrogen-bond acceptors (Lipinski definition) is 4. The number of anilines is 3. The molecule has 0 saturated heterocycles. The van der Waals surface area contributed by atoms with Gasteiger partial charge in [0.2, 0.25) is 11.9 Å². The summed E-state index contributed by atoms with van der Waals surface area (Å²) in [5.41, 5.74) is 2.94. The van der Waals surface area contributed by atoms with Gasteiger partial charge in [0.25, 0.3) is 5.56 Å². The Morgan fingerprint density at radius 2 is 1.90 bits per heavy atom. The summed E-state index contributed by atoms with van der Waals surface area (Å²) < 4.78 is 14.8. The van der Waals surface area contributed by atoms with E-state index in [1.807, 2.05) is 31.2 Å². The van der Waals surface area contributed by atoms with Gasteiger partial charge in [0.15, 0.2) is 0 Å². The van der Waals surface area contributed by atoms with Gasteiger partial charge in [-0.25, -0.2) is 9.37 Å². The van der Waals surface area contributed by atoms with Crippen LogP contribution in [0.5, 0.6) is 0 Å². The Labute approximate surface area is 168 Å². The third-order valence-electron chi connectivity index (χ3n) is 4.52. The predicted octanol–water partition coefficient (Wildman–Crippen LogP) is 3.94. The van der Waals surface area contributed by atoms with Gasteiger partial charge in [0.05, 0.1) is 0 Å². The first-order valence-corrected chi connectivity index (χ1v) is 9.36. The van der Waals surface area contributed by atoms with E-state index in [9.17, 15) is 14.0 Å². The average molecular weight is 394 g/mol. The zero-order valence-corrected chi connectivity index (χ0v) is 16.6. The number of aryl methyl sites for hydroxylation is 3. The van der Waals surface area contributed by atoms with Crippen molar-refractivity contribution in [2.75, 3.05) is 10.6 Å². The lowest BCUT2D eigenvalue weighted by molar-refractivity contribution is -0.116. The summed E-state index contributed by atoms with van der Waals surface area (Å²) >= 11 is 0. The van der Waals surface area contributed by atoms with Gasteiger partial charge in [-0.2, -0.15) is 0 Å². The molecule has 3 aromatic rings. The van der Waals surface area contributed by atoms with E-state index in [4.69, 9.17) is 0 Å². The molecule has 0 unspecified atom stereocenters. The normalized spacial score (nSPS) is 10.6. The van der Waals surface area contributed by atoms with Crippen LogP contribution in [0.15, 0.2) is 53.3 Å². The second-order valence-corrected chi connectivity index (χ2v) is 6.79. The van der Waals surface area contributed by atoms with Crippen LogP contribution in [-0.4, -0.2) is 15.5 Å². The molecule has 1 amide bonds. The molecule has 1 heterocycles. The second-order valence-electron chi connectivity index (χ2n) is 6.79. The quantitative estimate of drug-likeness (QED) is 0.664. The van der Waals surface area contributed by atoms with Crippen molar-refractivity contribution in [1.29, 1.82) is 0 Å². The molecule has 2 N–H and O–H groups in total. The summed E-state index contributed by atoms with van der Waals surface area (Å²) in [7, 11) is 0. The molecule has 0 fully saturated rings. The van der Waals surface area contributed by atoms with Gasteiger partial charge in [0.1, 0.15) is 12.4 Å². The summed E-state index contributed by atoms with van der Waals surface area (Å²) in [5.74, 6) is -0.434. The smallest absolute Gasteiger partial charge is 0.255 e. The van der Waals surface area contributed by atoms with Crippen LogP contribution in [0.2, 0.25) is 0 Å². The maximum absolute atomic E-state index is 13.5. The minimum Gasteiger partial charge on any atom is -0.326 e. The Morgan fingerprint density at radius 3 is 2.62 bits per heavy atom. The third kappa shape index (κ3) is 4.87. The summed E-state index contributed by atoms with van der Waals surface area (Å²) in [4.78, 5) is 29.5. The van der Waals surface area contributed by atoms with Crippen molar-refractivity contribution in [3.8, 4) is 0 Å². The van der Waals surface area contributed by atoms with E-state index in [2.05, 4.69) is 15.6 Å². The molecule has 0 radical (unpaired) electrons. The van der Waals surface area contributed by atoms with Crippen molar-refractivity contribution < 1.29 is 9.18 Å². The zero-order chi connectivity index (χ0) is 21.0. The highest BCUT2D eigenvalue weighted by atomic mass is 19.1. The number of aromatic nitrogens is 2. The lowest BCUT2D eigenvalue weighted by Gasteiger charge is -2.15. The third-order valence-corrected chi connectivity index (χ3v) is 4.52. The fourth-order valence-corrected chi connectivity index (χ4v) is 3.00. The van der Waals surface area contributed by atoms with Crippen LogP contribution in [0.3, 0.4) is 0 Å². The van der Waals surface area contributed by atoms with Gasteiger partial charge in [-0.15, -0.1) is 0 Å². The molecule has 0 spiro atoms. The van der Waals surface area contributed by atoms with Crippen molar-refractivity contribution in [3.63, 3.8) is 0 Å². The van der Waals surface area contributed by atoms with Crippen LogP contribution in [0, 0.1) is 19.7 Å². The molecule has 0 aliphatic carbocycles. The zero-order valence-electron chi connectivity index (χ0n) is 16.6. The Hall–Kier alpha value is -3.48. The van der Waals surface area contributed by atoms with Crippen molar-refractivity contribution in [3.05, 3.63) is 81.5 Å². The first-order chi connectivity index (χ1) is 13.9. The molecular formula is C22H23FN4O2. The SMILES string of the molecule is CCc1ccccc1NC(=O)Cn1c(Nc2ccc(F)c(C)c2)nc(C)cc1=O. The molecule has 6 nitrogen and oxygen atoms in total. The van der Waals surface area contributed by atoms with Crippen LogP contribution in [0.1, 0.15) is 23.7 Å². The Kier molecular flexibility index (Phi) is 6.07. The van der Waals surface area contributed by atoms with Crippen molar-refractivity contribution >= 4 is 23.2 Å². The van der Waals surface area contributed by atoms with Gasteiger partial charge in [0, 0.05) is 23.1 Å². The van der Waals surface area contributed by atoms with E-state index in [0.29, 0.717) is 16.9 Å². The molecule has 7 heteroatoms. The number of carbonyl (C=O) groups excluding carboxylic acids is 1. The molecule has 3 rings (SSSR count). The van der Waals surface area contributed by atoms with Gasteiger partial charge in [-0.05, 0) is 55.7 Å². The number of amides is 1. The highest BCUT2D eigenvalue weighted by Crippen LogP contribution is 2.19. The molecular weight excluding hydrogens is 371 g/mol. The van der Waals surface area contributed by atoms with Gasteiger partial charge in [-0.1, -0.05) is 25.1 Å². The number of halogens is 1. The summed E-state index contributed by atoms with van der Waals surface area (Å²) in [5, 5.41) is 5.87. The molecule has 2 aromatic carbocycles. The van der Waals surface area contributed by atoms with E-state index >= 15 is 0 Å². The van der Waals surface area contributed by atoms with Crippen LogP contribution < -0.4 is 16.2 Å². The monoisotopic (exact) mass is 394 g/mol. The molecule has 0 aliphatic heterocycles. The van der Waals surface area contributed by atoms with E-state index in [-0.39, 0.29) is 29.8 Å². The maximum atomic E-state index is 13.5. The fourth-order valence-electron chi connectivity index (χ4n) is 3.00. The molecule has 150 valence electrons. The fraction of sp³-hybridized carbons (Fsp3) is 0.227. The van der Waals surface area contributed by atoms with Crippen LogP contribution in [-0.2, 0) is 17.8 Å². The molecule has 1 aromatic heterocycles. The average Bonchev–Trinajstić information content (AvgIpc) is 2.68. The Bertz CT molecular complexity index is 1110. The predicted molar refractivity (Wildman–Crippen MR) is 112 cm³/mol. The highest BCUT2D eigenvalue weighted by molar-refractivity contribution is 5.91. The minimum absolute atomic E-state index is 0.202. The van der Waals surface area contributed by atoms with E-state index in [0.717, 1.165) is 17.7 Å². The molecule has 0 aliphatic rings.